The van der Waals surface area contributed by atoms with Crippen LogP contribution in [0.15, 0.2) is 66.7 Å². The maximum Gasteiger partial charge on any atom is 0.238 e. The number of fused-ring (bicyclic) bond motifs is 1. The van der Waals surface area contributed by atoms with E-state index < -0.39 is 0 Å². The van der Waals surface area contributed by atoms with Gasteiger partial charge in [0.2, 0.25) is 5.91 Å². The van der Waals surface area contributed by atoms with Crippen LogP contribution in [0, 0.1) is 0 Å². The molecule has 0 aromatic heterocycles. The molecule has 3 rings (SSSR count). The molecule has 0 fully saturated rings. The molecule has 26 heavy (non-hydrogen) atoms. The number of carbonyl (C=O) groups excluding carboxylic acids is 1. The first kappa shape index (κ1) is 18.2. The fourth-order valence-corrected chi connectivity index (χ4v) is 3.25. The van der Waals surface area contributed by atoms with Crippen LogP contribution in [0.25, 0.3) is 10.8 Å². The Bertz CT molecular complexity index is 901. The summed E-state index contributed by atoms with van der Waals surface area (Å²) >= 11 is 0. The van der Waals surface area contributed by atoms with Gasteiger partial charge in [0.05, 0.1) is 6.54 Å². The molecule has 1 amide bonds. The normalized spacial score (nSPS) is 11.3. The first-order valence-corrected chi connectivity index (χ1v) is 9.08. The first-order chi connectivity index (χ1) is 12.5. The van der Waals surface area contributed by atoms with Gasteiger partial charge in [-0.05, 0) is 47.0 Å². The summed E-state index contributed by atoms with van der Waals surface area (Å²) in [6, 6.07) is 22.8. The molecule has 3 aromatic carbocycles. The highest BCUT2D eigenvalue weighted by molar-refractivity contribution is 5.93. The van der Waals surface area contributed by atoms with Gasteiger partial charge in [-0.2, -0.15) is 0 Å². The van der Waals surface area contributed by atoms with Crippen molar-refractivity contribution in [3.8, 4) is 0 Å². The predicted molar refractivity (Wildman–Crippen MR) is 109 cm³/mol. The van der Waals surface area contributed by atoms with E-state index in [4.69, 9.17) is 0 Å². The van der Waals surface area contributed by atoms with Crippen LogP contribution in [0.3, 0.4) is 0 Å². The molecular weight excluding hydrogens is 320 g/mol. The van der Waals surface area contributed by atoms with Crippen molar-refractivity contribution in [2.45, 2.75) is 26.3 Å². The molecule has 3 nitrogen and oxygen atoms in total. The van der Waals surface area contributed by atoms with E-state index in [0.29, 0.717) is 12.5 Å². The molecule has 3 aromatic rings. The van der Waals surface area contributed by atoms with Crippen LogP contribution < -0.4 is 5.32 Å². The molecule has 1 N–H and O–H groups in total. The van der Waals surface area contributed by atoms with Crippen molar-refractivity contribution in [2.75, 3.05) is 18.9 Å². The minimum atomic E-state index is 0.0152. The van der Waals surface area contributed by atoms with Gasteiger partial charge in [-0.1, -0.05) is 68.4 Å². The minimum absolute atomic E-state index is 0.0152. The number of carbonyl (C=O) groups is 1. The lowest BCUT2D eigenvalue weighted by Gasteiger charge is -2.18. The van der Waals surface area contributed by atoms with Gasteiger partial charge in [0, 0.05) is 12.2 Å². The number of hydrogen-bond acceptors (Lipinski definition) is 2. The van der Waals surface area contributed by atoms with Crippen molar-refractivity contribution in [1.82, 2.24) is 4.90 Å². The third-order valence-electron chi connectivity index (χ3n) is 4.54. The fourth-order valence-electron chi connectivity index (χ4n) is 3.25. The Morgan fingerprint density at radius 2 is 1.65 bits per heavy atom. The number of likely N-dealkylation sites (N-methyl/N-ethyl adjacent to an activating group) is 1. The third-order valence-corrected chi connectivity index (χ3v) is 4.54. The highest BCUT2D eigenvalue weighted by Gasteiger charge is 2.11. The number of nitrogens with zero attached hydrogens (tertiary/aromatic N) is 1. The summed E-state index contributed by atoms with van der Waals surface area (Å²) in [6.07, 6.45) is 0. The van der Waals surface area contributed by atoms with Crippen molar-refractivity contribution in [1.29, 1.82) is 0 Å². The summed E-state index contributed by atoms with van der Waals surface area (Å²) < 4.78 is 0. The van der Waals surface area contributed by atoms with Crippen LogP contribution >= 0.6 is 0 Å². The molecule has 0 heterocycles. The zero-order valence-corrected chi connectivity index (χ0v) is 15.7. The molecule has 0 atom stereocenters. The highest BCUT2D eigenvalue weighted by Crippen LogP contribution is 2.23. The molecule has 134 valence electrons. The van der Waals surface area contributed by atoms with Gasteiger partial charge in [-0.3, -0.25) is 9.69 Å². The van der Waals surface area contributed by atoms with Crippen molar-refractivity contribution in [2.24, 2.45) is 0 Å². The van der Waals surface area contributed by atoms with E-state index in [2.05, 4.69) is 61.6 Å². The second-order valence-electron chi connectivity index (χ2n) is 7.14. The van der Waals surface area contributed by atoms with E-state index in [9.17, 15) is 4.79 Å². The lowest BCUT2D eigenvalue weighted by molar-refractivity contribution is -0.117. The number of hydrogen-bond donors (Lipinski definition) is 1. The second-order valence-corrected chi connectivity index (χ2v) is 7.14. The SMILES string of the molecule is CC(C)c1ccccc1NC(=O)CN(C)Cc1ccc2ccccc2c1. The van der Waals surface area contributed by atoms with Gasteiger partial charge >= 0.3 is 0 Å². The average molecular weight is 346 g/mol. The molecule has 0 spiro atoms. The average Bonchev–Trinajstić information content (AvgIpc) is 2.61. The van der Waals surface area contributed by atoms with Crippen LogP contribution in [0.2, 0.25) is 0 Å². The molecule has 0 saturated carbocycles. The van der Waals surface area contributed by atoms with Crippen LogP contribution in [-0.4, -0.2) is 24.4 Å². The first-order valence-electron chi connectivity index (χ1n) is 9.08. The topological polar surface area (TPSA) is 32.3 Å². The van der Waals surface area contributed by atoms with E-state index in [1.165, 1.54) is 16.3 Å². The van der Waals surface area contributed by atoms with E-state index in [-0.39, 0.29) is 5.91 Å². The summed E-state index contributed by atoms with van der Waals surface area (Å²) in [5.74, 6) is 0.392. The Morgan fingerprint density at radius 3 is 2.42 bits per heavy atom. The van der Waals surface area contributed by atoms with Gasteiger partial charge in [-0.15, -0.1) is 0 Å². The van der Waals surface area contributed by atoms with Crippen LogP contribution in [0.5, 0.6) is 0 Å². The number of nitrogens with one attached hydrogen (secondary N) is 1. The molecule has 0 aliphatic heterocycles. The summed E-state index contributed by atoms with van der Waals surface area (Å²) in [5, 5.41) is 5.53. The van der Waals surface area contributed by atoms with E-state index >= 15 is 0 Å². The van der Waals surface area contributed by atoms with E-state index in [1.807, 2.05) is 36.2 Å². The van der Waals surface area contributed by atoms with Crippen LogP contribution in [-0.2, 0) is 11.3 Å². The molecule has 0 aliphatic carbocycles. The van der Waals surface area contributed by atoms with Crippen molar-refractivity contribution in [3.63, 3.8) is 0 Å². The highest BCUT2D eigenvalue weighted by atomic mass is 16.2. The Labute approximate surface area is 155 Å². The van der Waals surface area contributed by atoms with Crippen molar-refractivity contribution >= 4 is 22.4 Å². The Hall–Kier alpha value is -2.65. The van der Waals surface area contributed by atoms with Crippen LogP contribution in [0.1, 0.15) is 30.9 Å². The number of anilines is 1. The van der Waals surface area contributed by atoms with E-state index in [0.717, 1.165) is 17.8 Å². The molecule has 0 bridgehead atoms. The van der Waals surface area contributed by atoms with Crippen molar-refractivity contribution in [3.05, 3.63) is 77.9 Å². The Morgan fingerprint density at radius 1 is 0.962 bits per heavy atom. The van der Waals surface area contributed by atoms with Gasteiger partial charge < -0.3 is 5.32 Å². The minimum Gasteiger partial charge on any atom is -0.325 e. The second kappa shape index (κ2) is 8.15. The summed E-state index contributed by atoms with van der Waals surface area (Å²) in [7, 11) is 1.98. The molecule has 0 aliphatic rings. The quantitative estimate of drug-likeness (QED) is 0.678. The maximum atomic E-state index is 12.4. The van der Waals surface area contributed by atoms with Gasteiger partial charge in [-0.25, -0.2) is 0 Å². The van der Waals surface area contributed by atoms with Crippen LogP contribution in [0.4, 0.5) is 5.69 Å². The van der Waals surface area contributed by atoms with E-state index in [1.54, 1.807) is 0 Å². The smallest absolute Gasteiger partial charge is 0.238 e. The number of rotatable bonds is 6. The molecule has 0 radical (unpaired) electrons. The predicted octanol–water partition coefficient (Wildman–Crippen LogP) is 5.03. The Balaban J connectivity index is 1.62. The summed E-state index contributed by atoms with van der Waals surface area (Å²) in [6.45, 7) is 5.37. The molecular formula is C23H26N2O. The number of benzene rings is 3. The maximum absolute atomic E-state index is 12.4. The number of amides is 1. The number of para-hydroxylation sites is 1. The van der Waals surface area contributed by atoms with Gasteiger partial charge in [0.1, 0.15) is 0 Å². The lowest BCUT2D eigenvalue weighted by atomic mass is 10.0. The molecule has 0 saturated heterocycles. The summed E-state index contributed by atoms with van der Waals surface area (Å²) in [4.78, 5) is 14.5. The fraction of sp³-hybridized carbons (Fsp3) is 0.261. The molecule has 3 heteroatoms. The zero-order valence-electron chi connectivity index (χ0n) is 15.7. The third kappa shape index (κ3) is 4.50. The molecule has 0 unspecified atom stereocenters. The lowest BCUT2D eigenvalue weighted by Crippen LogP contribution is -2.30. The largest absolute Gasteiger partial charge is 0.325 e. The van der Waals surface area contributed by atoms with Gasteiger partial charge in [0.15, 0.2) is 0 Å². The standard InChI is InChI=1S/C23H26N2O/c1-17(2)21-10-6-7-11-22(21)24-23(26)16-25(3)15-18-12-13-19-8-4-5-9-20(19)14-18/h4-14,17H,15-16H2,1-3H3,(H,24,26). The summed E-state index contributed by atoms with van der Waals surface area (Å²) in [5.41, 5.74) is 3.28. The Kier molecular flexibility index (Phi) is 5.69. The van der Waals surface area contributed by atoms with Crippen molar-refractivity contribution < 1.29 is 4.79 Å². The monoisotopic (exact) mass is 346 g/mol. The zero-order chi connectivity index (χ0) is 18.5. The van der Waals surface area contributed by atoms with Gasteiger partial charge in [0.25, 0.3) is 0 Å².